The summed E-state index contributed by atoms with van der Waals surface area (Å²) in [6, 6.07) is 5.15. The normalized spacial score (nSPS) is 11.7. The highest BCUT2D eigenvalue weighted by Crippen LogP contribution is 2.14. The predicted molar refractivity (Wildman–Crippen MR) is 72.2 cm³/mol. The van der Waals surface area contributed by atoms with Crippen molar-refractivity contribution in [3.8, 4) is 0 Å². The van der Waals surface area contributed by atoms with Crippen LogP contribution >= 0.6 is 0 Å². The molecule has 1 aromatic rings. The average molecular weight is 271 g/mol. The molecule has 0 atom stereocenters. The van der Waals surface area contributed by atoms with Gasteiger partial charge >= 0.3 is 0 Å². The van der Waals surface area contributed by atoms with Gasteiger partial charge in [0, 0.05) is 19.8 Å². The molecule has 5 heteroatoms. The monoisotopic (exact) mass is 271 g/mol. The van der Waals surface area contributed by atoms with E-state index in [0.29, 0.717) is 31.1 Å². The highest BCUT2D eigenvalue weighted by atomic mass is 32.2. The molecular formula is C13H21NO3S. The molecule has 1 N–H and O–H groups in total. The lowest BCUT2D eigenvalue weighted by Gasteiger charge is -2.08. The summed E-state index contributed by atoms with van der Waals surface area (Å²) in [5, 5.41) is 0. The van der Waals surface area contributed by atoms with E-state index in [9.17, 15) is 8.42 Å². The van der Waals surface area contributed by atoms with Crippen LogP contribution in [0, 0.1) is 13.8 Å². The van der Waals surface area contributed by atoms with Crippen LogP contribution in [0.5, 0.6) is 0 Å². The molecule has 1 rings (SSSR count). The molecule has 0 spiro atoms. The number of hydrogen-bond donors (Lipinski definition) is 1. The maximum absolute atomic E-state index is 12.0. The molecular weight excluding hydrogens is 250 g/mol. The lowest BCUT2D eigenvalue weighted by Crippen LogP contribution is -2.25. The highest BCUT2D eigenvalue weighted by Gasteiger charge is 2.13. The fraction of sp³-hybridized carbons (Fsp3) is 0.538. The summed E-state index contributed by atoms with van der Waals surface area (Å²) in [6.07, 6.45) is 0.678. The number of ether oxygens (including phenoxy) is 1. The minimum atomic E-state index is -3.39. The molecule has 1 aromatic carbocycles. The van der Waals surface area contributed by atoms with E-state index >= 15 is 0 Å². The predicted octanol–water partition coefficient (Wildman–Crippen LogP) is 2.01. The molecule has 0 aliphatic carbocycles. The number of hydrogen-bond acceptors (Lipinski definition) is 3. The van der Waals surface area contributed by atoms with Crippen LogP contribution in [0.2, 0.25) is 0 Å². The van der Waals surface area contributed by atoms with Crippen LogP contribution in [0.1, 0.15) is 24.5 Å². The van der Waals surface area contributed by atoms with Crippen molar-refractivity contribution in [2.24, 2.45) is 0 Å². The second-order valence-electron chi connectivity index (χ2n) is 4.19. The molecule has 0 saturated carbocycles. The molecule has 0 bridgehead atoms. The molecule has 0 saturated heterocycles. The van der Waals surface area contributed by atoms with Gasteiger partial charge in [-0.3, -0.25) is 0 Å². The standard InChI is InChI=1S/C13H21NO3S/c1-4-17-9-5-8-14-18(15,16)13-7-6-11(2)12(3)10-13/h6-7,10,14H,4-5,8-9H2,1-3H3. The maximum atomic E-state index is 12.0. The van der Waals surface area contributed by atoms with Gasteiger partial charge in [0.1, 0.15) is 0 Å². The Hall–Kier alpha value is -0.910. The molecule has 18 heavy (non-hydrogen) atoms. The van der Waals surface area contributed by atoms with E-state index in [1.54, 1.807) is 12.1 Å². The molecule has 102 valence electrons. The van der Waals surface area contributed by atoms with Crippen LogP contribution in [-0.4, -0.2) is 28.2 Å². The summed E-state index contributed by atoms with van der Waals surface area (Å²) < 4.78 is 31.7. The van der Waals surface area contributed by atoms with Gasteiger partial charge in [-0.1, -0.05) is 6.07 Å². The van der Waals surface area contributed by atoms with Crippen LogP contribution in [0.4, 0.5) is 0 Å². The lowest BCUT2D eigenvalue weighted by atomic mass is 10.1. The Morgan fingerprint density at radius 3 is 2.56 bits per heavy atom. The Bertz CT molecular complexity index is 483. The summed E-state index contributed by atoms with van der Waals surface area (Å²) in [5.41, 5.74) is 2.07. The first kappa shape index (κ1) is 15.1. The number of aryl methyl sites for hydroxylation is 2. The summed E-state index contributed by atoms with van der Waals surface area (Å²) >= 11 is 0. The minimum Gasteiger partial charge on any atom is -0.382 e. The average Bonchev–Trinajstić information content (AvgIpc) is 2.32. The molecule has 0 unspecified atom stereocenters. The topological polar surface area (TPSA) is 55.4 Å². The van der Waals surface area contributed by atoms with Crippen molar-refractivity contribution in [1.82, 2.24) is 4.72 Å². The second-order valence-corrected chi connectivity index (χ2v) is 5.96. The third-order valence-electron chi connectivity index (χ3n) is 2.75. The van der Waals surface area contributed by atoms with Gasteiger partial charge in [0.25, 0.3) is 0 Å². The quantitative estimate of drug-likeness (QED) is 0.772. The summed E-state index contributed by atoms with van der Waals surface area (Å²) in [6.45, 7) is 7.41. The van der Waals surface area contributed by atoms with Gasteiger partial charge in [0.15, 0.2) is 0 Å². The van der Waals surface area contributed by atoms with Crippen LogP contribution in [-0.2, 0) is 14.8 Å². The first-order valence-electron chi connectivity index (χ1n) is 6.12. The molecule has 0 fully saturated rings. The zero-order valence-electron chi connectivity index (χ0n) is 11.2. The Morgan fingerprint density at radius 2 is 1.94 bits per heavy atom. The lowest BCUT2D eigenvalue weighted by molar-refractivity contribution is 0.146. The number of nitrogens with one attached hydrogen (secondary N) is 1. The summed E-state index contributed by atoms with van der Waals surface area (Å²) in [4.78, 5) is 0.321. The van der Waals surface area contributed by atoms with Crippen molar-refractivity contribution >= 4 is 10.0 Å². The van der Waals surface area contributed by atoms with Gasteiger partial charge in [-0.25, -0.2) is 13.1 Å². The Labute approximate surface area is 109 Å². The Kier molecular flexibility index (Phi) is 5.78. The molecule has 0 radical (unpaired) electrons. The number of benzene rings is 1. The van der Waals surface area contributed by atoms with Gasteiger partial charge in [-0.15, -0.1) is 0 Å². The van der Waals surface area contributed by atoms with E-state index in [1.165, 1.54) is 0 Å². The number of rotatable bonds is 7. The first-order valence-corrected chi connectivity index (χ1v) is 7.60. The second kappa shape index (κ2) is 6.87. The summed E-state index contributed by atoms with van der Waals surface area (Å²) in [7, 11) is -3.39. The van der Waals surface area contributed by atoms with Crippen molar-refractivity contribution in [2.45, 2.75) is 32.1 Å². The minimum absolute atomic E-state index is 0.321. The van der Waals surface area contributed by atoms with Crippen molar-refractivity contribution in [2.75, 3.05) is 19.8 Å². The Morgan fingerprint density at radius 1 is 1.22 bits per heavy atom. The van der Waals surface area contributed by atoms with Crippen molar-refractivity contribution < 1.29 is 13.2 Å². The fourth-order valence-corrected chi connectivity index (χ4v) is 2.65. The van der Waals surface area contributed by atoms with Gasteiger partial charge in [-0.05, 0) is 50.5 Å². The van der Waals surface area contributed by atoms with Crippen LogP contribution in [0.3, 0.4) is 0 Å². The summed E-state index contributed by atoms with van der Waals surface area (Å²) in [5.74, 6) is 0. The zero-order chi connectivity index (χ0) is 13.6. The smallest absolute Gasteiger partial charge is 0.240 e. The molecule has 4 nitrogen and oxygen atoms in total. The van der Waals surface area contributed by atoms with Crippen LogP contribution in [0.15, 0.2) is 23.1 Å². The molecule has 0 aliphatic rings. The van der Waals surface area contributed by atoms with E-state index in [-0.39, 0.29) is 0 Å². The number of sulfonamides is 1. The van der Waals surface area contributed by atoms with E-state index in [0.717, 1.165) is 11.1 Å². The van der Waals surface area contributed by atoms with E-state index in [2.05, 4.69) is 4.72 Å². The van der Waals surface area contributed by atoms with E-state index < -0.39 is 10.0 Å². The van der Waals surface area contributed by atoms with Crippen molar-refractivity contribution in [3.63, 3.8) is 0 Å². The van der Waals surface area contributed by atoms with E-state index in [4.69, 9.17) is 4.74 Å². The third kappa shape index (κ3) is 4.40. The molecule has 0 aliphatic heterocycles. The fourth-order valence-electron chi connectivity index (χ4n) is 1.49. The SMILES string of the molecule is CCOCCCNS(=O)(=O)c1ccc(C)c(C)c1. The molecule has 0 amide bonds. The Balaban J connectivity index is 2.60. The van der Waals surface area contributed by atoms with Crippen LogP contribution in [0.25, 0.3) is 0 Å². The van der Waals surface area contributed by atoms with Crippen molar-refractivity contribution in [1.29, 1.82) is 0 Å². The van der Waals surface area contributed by atoms with Gasteiger partial charge in [-0.2, -0.15) is 0 Å². The van der Waals surface area contributed by atoms with Gasteiger partial charge in [0.2, 0.25) is 10.0 Å². The molecule has 0 heterocycles. The van der Waals surface area contributed by atoms with E-state index in [1.807, 2.05) is 26.8 Å². The molecule has 0 aromatic heterocycles. The third-order valence-corrected chi connectivity index (χ3v) is 4.21. The highest BCUT2D eigenvalue weighted by molar-refractivity contribution is 7.89. The van der Waals surface area contributed by atoms with Gasteiger partial charge in [0.05, 0.1) is 4.90 Å². The van der Waals surface area contributed by atoms with Crippen LogP contribution < -0.4 is 4.72 Å². The van der Waals surface area contributed by atoms with Gasteiger partial charge < -0.3 is 4.74 Å². The first-order chi connectivity index (χ1) is 8.47. The zero-order valence-corrected chi connectivity index (χ0v) is 12.0. The largest absolute Gasteiger partial charge is 0.382 e. The maximum Gasteiger partial charge on any atom is 0.240 e. The van der Waals surface area contributed by atoms with Crippen molar-refractivity contribution in [3.05, 3.63) is 29.3 Å².